The zero-order valence-corrected chi connectivity index (χ0v) is 11.4. The van der Waals surface area contributed by atoms with Gasteiger partial charge in [-0.1, -0.05) is 19.0 Å². The Morgan fingerprint density at radius 1 is 1.39 bits per heavy atom. The van der Waals surface area contributed by atoms with E-state index in [1.807, 2.05) is 32.6 Å². The van der Waals surface area contributed by atoms with Crippen LogP contribution in [0.5, 0.6) is 0 Å². The molecule has 0 aromatic carbocycles. The zero-order valence-electron chi connectivity index (χ0n) is 11.4. The molecule has 18 heavy (non-hydrogen) atoms. The van der Waals surface area contributed by atoms with E-state index in [0.717, 1.165) is 0 Å². The number of aliphatic carboxylic acids is 1. The molecule has 0 atom stereocenters. The number of aromatic nitrogens is 2. The number of carboxylic acids is 1. The van der Waals surface area contributed by atoms with E-state index in [9.17, 15) is 4.79 Å². The van der Waals surface area contributed by atoms with Crippen molar-refractivity contribution in [3.63, 3.8) is 0 Å². The Hall–Kier alpha value is -1.43. The lowest BCUT2D eigenvalue weighted by molar-refractivity contribution is -0.137. The Labute approximate surface area is 107 Å². The maximum Gasteiger partial charge on any atom is 0.304 e. The number of hydrogen-bond acceptors (Lipinski definition) is 5. The molecule has 1 heterocycles. The first-order valence-electron chi connectivity index (χ1n) is 6.18. The van der Waals surface area contributed by atoms with Gasteiger partial charge >= 0.3 is 5.97 Å². The molecule has 0 fully saturated rings. The Balaban J connectivity index is 2.61. The van der Waals surface area contributed by atoms with Gasteiger partial charge < -0.3 is 9.63 Å². The summed E-state index contributed by atoms with van der Waals surface area (Å²) in [5.74, 6) is 0.660. The average molecular weight is 255 g/mol. The van der Waals surface area contributed by atoms with Crippen molar-refractivity contribution in [2.75, 3.05) is 6.54 Å². The summed E-state index contributed by atoms with van der Waals surface area (Å²) in [6, 6.07) is 0.235. The van der Waals surface area contributed by atoms with Gasteiger partial charge in [0.1, 0.15) is 0 Å². The van der Waals surface area contributed by atoms with Crippen LogP contribution in [0.1, 0.15) is 51.7 Å². The van der Waals surface area contributed by atoms with Crippen molar-refractivity contribution in [1.29, 1.82) is 0 Å². The number of nitrogens with zero attached hydrogens (tertiary/aromatic N) is 3. The highest BCUT2D eigenvalue weighted by Crippen LogP contribution is 2.12. The van der Waals surface area contributed by atoms with Gasteiger partial charge in [-0.2, -0.15) is 4.98 Å². The Kier molecular flexibility index (Phi) is 5.27. The molecule has 0 aliphatic rings. The largest absolute Gasteiger partial charge is 0.481 e. The molecule has 1 aromatic rings. The van der Waals surface area contributed by atoms with E-state index < -0.39 is 5.97 Å². The lowest BCUT2D eigenvalue weighted by atomic mass is 10.2. The summed E-state index contributed by atoms with van der Waals surface area (Å²) in [6.45, 7) is 9.00. The summed E-state index contributed by atoms with van der Waals surface area (Å²) >= 11 is 0. The van der Waals surface area contributed by atoms with Crippen molar-refractivity contribution in [1.82, 2.24) is 15.0 Å². The Morgan fingerprint density at radius 2 is 2.06 bits per heavy atom. The lowest BCUT2D eigenvalue weighted by Crippen LogP contribution is -2.32. The van der Waals surface area contributed by atoms with E-state index in [2.05, 4.69) is 10.1 Å². The van der Waals surface area contributed by atoms with Crippen LogP contribution in [-0.4, -0.2) is 38.7 Å². The summed E-state index contributed by atoms with van der Waals surface area (Å²) < 4.78 is 5.16. The van der Waals surface area contributed by atoms with Crippen LogP contribution in [-0.2, 0) is 11.3 Å². The summed E-state index contributed by atoms with van der Waals surface area (Å²) in [4.78, 5) is 16.9. The van der Waals surface area contributed by atoms with Crippen LogP contribution in [0.25, 0.3) is 0 Å². The van der Waals surface area contributed by atoms with Crippen molar-refractivity contribution < 1.29 is 14.4 Å². The highest BCUT2D eigenvalue weighted by Gasteiger charge is 2.16. The first-order chi connectivity index (χ1) is 8.40. The minimum atomic E-state index is -0.797. The van der Waals surface area contributed by atoms with Gasteiger partial charge in [0.25, 0.3) is 0 Å². The van der Waals surface area contributed by atoms with E-state index in [0.29, 0.717) is 24.8 Å². The molecule has 0 saturated heterocycles. The molecular formula is C12H21N3O3. The number of carboxylic acid groups (broad SMARTS) is 1. The SMILES string of the molecule is CC(C)c1noc(CN(CCC(=O)O)C(C)C)n1. The highest BCUT2D eigenvalue weighted by molar-refractivity contribution is 5.66. The fraction of sp³-hybridized carbons (Fsp3) is 0.750. The lowest BCUT2D eigenvalue weighted by Gasteiger charge is -2.23. The maximum absolute atomic E-state index is 10.6. The van der Waals surface area contributed by atoms with Gasteiger partial charge in [-0.15, -0.1) is 0 Å². The van der Waals surface area contributed by atoms with Crippen molar-refractivity contribution >= 4 is 5.97 Å². The molecule has 0 unspecified atom stereocenters. The van der Waals surface area contributed by atoms with Gasteiger partial charge in [0.05, 0.1) is 13.0 Å². The van der Waals surface area contributed by atoms with Gasteiger partial charge in [-0.05, 0) is 13.8 Å². The van der Waals surface area contributed by atoms with Crippen LogP contribution in [0.3, 0.4) is 0 Å². The second-order valence-corrected chi connectivity index (χ2v) is 4.91. The van der Waals surface area contributed by atoms with Crippen molar-refractivity contribution in [3.8, 4) is 0 Å². The first-order valence-corrected chi connectivity index (χ1v) is 6.18. The normalized spacial score (nSPS) is 11.7. The second-order valence-electron chi connectivity index (χ2n) is 4.91. The Bertz CT molecular complexity index is 388. The van der Waals surface area contributed by atoms with Gasteiger partial charge in [-0.3, -0.25) is 9.69 Å². The Morgan fingerprint density at radius 3 is 2.50 bits per heavy atom. The molecule has 0 aliphatic heterocycles. The van der Waals surface area contributed by atoms with Gasteiger partial charge in [0.15, 0.2) is 5.82 Å². The third-order valence-corrected chi connectivity index (χ3v) is 2.68. The van der Waals surface area contributed by atoms with Crippen LogP contribution in [0.2, 0.25) is 0 Å². The molecule has 6 heteroatoms. The van der Waals surface area contributed by atoms with E-state index >= 15 is 0 Å². The quantitative estimate of drug-likeness (QED) is 0.801. The van der Waals surface area contributed by atoms with Crippen molar-refractivity contribution in [2.24, 2.45) is 0 Å². The van der Waals surface area contributed by atoms with E-state index in [-0.39, 0.29) is 18.4 Å². The molecule has 6 nitrogen and oxygen atoms in total. The molecular weight excluding hydrogens is 234 g/mol. The van der Waals surface area contributed by atoms with Crippen molar-refractivity contribution in [2.45, 2.75) is 52.6 Å². The third kappa shape index (κ3) is 4.44. The van der Waals surface area contributed by atoms with E-state index in [1.165, 1.54) is 0 Å². The van der Waals surface area contributed by atoms with Crippen LogP contribution in [0.15, 0.2) is 4.52 Å². The summed E-state index contributed by atoms with van der Waals surface area (Å²) in [7, 11) is 0. The fourth-order valence-corrected chi connectivity index (χ4v) is 1.50. The average Bonchev–Trinajstić information content (AvgIpc) is 2.71. The maximum atomic E-state index is 10.6. The summed E-state index contributed by atoms with van der Waals surface area (Å²) in [5, 5.41) is 12.6. The molecule has 0 radical (unpaired) electrons. The van der Waals surface area contributed by atoms with Crippen LogP contribution >= 0.6 is 0 Å². The topological polar surface area (TPSA) is 79.5 Å². The third-order valence-electron chi connectivity index (χ3n) is 2.68. The molecule has 1 aromatic heterocycles. The minimum absolute atomic E-state index is 0.114. The van der Waals surface area contributed by atoms with Crippen LogP contribution < -0.4 is 0 Å². The molecule has 0 bridgehead atoms. The summed E-state index contributed by atoms with van der Waals surface area (Å²) in [6.07, 6.45) is 0.114. The van der Waals surface area contributed by atoms with Gasteiger partial charge in [0.2, 0.25) is 5.89 Å². The first kappa shape index (κ1) is 14.6. The predicted molar refractivity (Wildman–Crippen MR) is 66.2 cm³/mol. The molecule has 1 N–H and O–H groups in total. The van der Waals surface area contributed by atoms with Crippen LogP contribution in [0.4, 0.5) is 0 Å². The monoisotopic (exact) mass is 255 g/mol. The smallest absolute Gasteiger partial charge is 0.304 e. The molecule has 0 aliphatic carbocycles. The molecule has 0 saturated carbocycles. The molecule has 0 spiro atoms. The molecule has 0 amide bonds. The highest BCUT2D eigenvalue weighted by atomic mass is 16.5. The second kappa shape index (κ2) is 6.49. The number of hydrogen-bond donors (Lipinski definition) is 1. The van der Waals surface area contributed by atoms with Crippen LogP contribution in [0, 0.1) is 0 Å². The fourth-order valence-electron chi connectivity index (χ4n) is 1.50. The summed E-state index contributed by atoms with van der Waals surface area (Å²) in [5.41, 5.74) is 0. The van der Waals surface area contributed by atoms with Crippen molar-refractivity contribution in [3.05, 3.63) is 11.7 Å². The number of carbonyl (C=O) groups is 1. The van der Waals surface area contributed by atoms with Gasteiger partial charge in [0, 0.05) is 18.5 Å². The van der Waals surface area contributed by atoms with E-state index in [4.69, 9.17) is 9.63 Å². The predicted octanol–water partition coefficient (Wildman–Crippen LogP) is 1.88. The standard InChI is InChI=1S/C12H21N3O3/c1-8(2)12-13-10(18-14-12)7-15(9(3)4)6-5-11(16)17/h8-9H,5-7H2,1-4H3,(H,16,17). The minimum Gasteiger partial charge on any atom is -0.481 e. The zero-order chi connectivity index (χ0) is 13.7. The van der Waals surface area contributed by atoms with E-state index in [1.54, 1.807) is 0 Å². The molecule has 1 rings (SSSR count). The molecule has 102 valence electrons. The number of rotatable bonds is 7. The van der Waals surface area contributed by atoms with Gasteiger partial charge in [-0.25, -0.2) is 0 Å².